The third kappa shape index (κ3) is 4.07. The number of fused-ring (bicyclic) bond motifs is 12. The summed E-state index contributed by atoms with van der Waals surface area (Å²) in [4.78, 5) is 5.23. The van der Waals surface area contributed by atoms with Crippen molar-refractivity contribution in [3.05, 3.63) is 151 Å². The first-order valence-electron chi connectivity index (χ1n) is 18.6. The molecule has 0 saturated carbocycles. The van der Waals surface area contributed by atoms with Crippen LogP contribution in [0.15, 0.2) is 146 Å². The third-order valence-corrected chi connectivity index (χ3v) is 13.9. The Kier molecular flexibility index (Phi) is 6.17. The molecule has 12 rings (SSSR count). The molecule has 0 fully saturated rings. The first kappa shape index (κ1) is 30.6. The number of thiophene rings is 2. The smallest absolute Gasteiger partial charge is 0.343 e. The molecule has 0 bridgehead atoms. The zero-order valence-electron chi connectivity index (χ0n) is 30.1. The lowest BCUT2D eigenvalue weighted by molar-refractivity contribution is 0.478. The van der Waals surface area contributed by atoms with Crippen molar-refractivity contribution in [3.8, 4) is 33.8 Å². The van der Waals surface area contributed by atoms with Crippen LogP contribution in [0.25, 0.3) is 52.5 Å². The maximum absolute atomic E-state index is 6.76. The lowest BCUT2D eigenvalue weighted by Crippen LogP contribution is -2.61. The standard InChI is InChI=1S/C48H33BN2OS2/c1-48(2,3)29-24-25-34(33(26-29)28-14-5-4-6-15-28)50-36-27-41-42(30-16-7-11-22-39(30)53-41)43-32-18-13-21-38-45(32)51(35-19-9-10-20-37(35)52-38)49(44(36)43)47-46(50)31-17-8-12-23-40(31)54-47/h4-27H,1-3H3. The predicted octanol–water partition coefficient (Wildman–Crippen LogP) is 13.0. The minimum atomic E-state index is -0.0607. The van der Waals surface area contributed by atoms with Gasteiger partial charge in [-0.05, 0) is 76.1 Å². The van der Waals surface area contributed by atoms with E-state index >= 15 is 0 Å². The maximum Gasteiger partial charge on any atom is 0.343 e. The summed E-state index contributed by atoms with van der Waals surface area (Å²) in [6.07, 6.45) is 0. The van der Waals surface area contributed by atoms with Gasteiger partial charge in [-0.25, -0.2) is 0 Å². The Morgan fingerprint density at radius 2 is 1.28 bits per heavy atom. The van der Waals surface area contributed by atoms with Crippen LogP contribution in [0, 0.1) is 0 Å². The highest BCUT2D eigenvalue weighted by Crippen LogP contribution is 2.59. The van der Waals surface area contributed by atoms with E-state index in [4.69, 9.17) is 4.74 Å². The molecule has 0 radical (unpaired) electrons. The molecule has 0 atom stereocenters. The highest BCUT2D eigenvalue weighted by molar-refractivity contribution is 7.32. The minimum Gasteiger partial charge on any atom is -0.453 e. The van der Waals surface area contributed by atoms with Gasteiger partial charge in [0.2, 0.25) is 0 Å². The normalized spacial score (nSPS) is 13.9. The van der Waals surface area contributed by atoms with Crippen LogP contribution in [0.3, 0.4) is 0 Å². The van der Waals surface area contributed by atoms with E-state index in [9.17, 15) is 0 Å². The van der Waals surface area contributed by atoms with Crippen molar-refractivity contribution >= 4 is 98.5 Å². The van der Waals surface area contributed by atoms with Crippen molar-refractivity contribution in [2.75, 3.05) is 9.71 Å². The van der Waals surface area contributed by atoms with Crippen LogP contribution >= 0.6 is 22.7 Å². The molecular formula is C48H33BN2OS2. The molecule has 0 amide bonds. The van der Waals surface area contributed by atoms with Crippen molar-refractivity contribution in [2.24, 2.45) is 0 Å². The minimum absolute atomic E-state index is 0.00438. The van der Waals surface area contributed by atoms with Crippen molar-refractivity contribution in [1.29, 1.82) is 0 Å². The summed E-state index contributed by atoms with van der Waals surface area (Å²) in [5.74, 6) is 1.80. The summed E-state index contributed by atoms with van der Waals surface area (Å²) in [7, 11) is 0. The van der Waals surface area contributed by atoms with Gasteiger partial charge in [-0.1, -0.05) is 118 Å². The van der Waals surface area contributed by atoms with Gasteiger partial charge in [-0.15, -0.1) is 22.7 Å². The molecule has 0 N–H and O–H groups in total. The van der Waals surface area contributed by atoms with Gasteiger partial charge < -0.3 is 14.4 Å². The van der Waals surface area contributed by atoms with Crippen LogP contribution in [-0.4, -0.2) is 6.85 Å². The molecule has 7 aromatic carbocycles. The van der Waals surface area contributed by atoms with Crippen molar-refractivity contribution in [2.45, 2.75) is 26.2 Å². The Labute approximate surface area is 322 Å². The van der Waals surface area contributed by atoms with Gasteiger partial charge in [0.1, 0.15) is 5.75 Å². The van der Waals surface area contributed by atoms with E-state index in [-0.39, 0.29) is 12.3 Å². The fourth-order valence-electron chi connectivity index (χ4n) is 9.20. The third-order valence-electron chi connectivity index (χ3n) is 11.6. The molecular weight excluding hydrogens is 695 g/mol. The van der Waals surface area contributed by atoms with E-state index in [1.807, 2.05) is 22.7 Å². The number of hydrogen-bond donors (Lipinski definition) is 0. The Hall–Kier alpha value is -5.82. The zero-order chi connectivity index (χ0) is 35.9. The van der Waals surface area contributed by atoms with Crippen LogP contribution in [-0.2, 0) is 5.41 Å². The summed E-state index contributed by atoms with van der Waals surface area (Å²) in [5.41, 5.74) is 13.6. The van der Waals surface area contributed by atoms with Gasteiger partial charge >= 0.3 is 6.85 Å². The van der Waals surface area contributed by atoms with Crippen LogP contribution in [0.5, 0.6) is 11.5 Å². The molecule has 256 valence electrons. The summed E-state index contributed by atoms with van der Waals surface area (Å²) in [5, 5.41) is 3.92. The molecule has 3 nitrogen and oxygen atoms in total. The summed E-state index contributed by atoms with van der Waals surface area (Å²) >= 11 is 3.83. The maximum atomic E-state index is 6.76. The van der Waals surface area contributed by atoms with Gasteiger partial charge in [0.05, 0.1) is 22.7 Å². The Bertz CT molecular complexity index is 3050. The van der Waals surface area contributed by atoms with E-state index < -0.39 is 0 Å². The van der Waals surface area contributed by atoms with Crippen LogP contribution in [0.1, 0.15) is 26.3 Å². The second-order valence-electron chi connectivity index (χ2n) is 15.6. The summed E-state index contributed by atoms with van der Waals surface area (Å²) < 4.78 is 12.0. The molecule has 54 heavy (non-hydrogen) atoms. The van der Waals surface area contributed by atoms with Crippen molar-refractivity contribution in [1.82, 2.24) is 0 Å². The van der Waals surface area contributed by atoms with E-state index in [2.05, 4.69) is 176 Å². The Morgan fingerprint density at radius 1 is 0.556 bits per heavy atom. The quantitative estimate of drug-likeness (QED) is 0.165. The number of hydrogen-bond acceptors (Lipinski definition) is 5. The molecule has 5 heterocycles. The van der Waals surface area contributed by atoms with Crippen molar-refractivity contribution in [3.63, 3.8) is 0 Å². The number of anilines is 5. The lowest BCUT2D eigenvalue weighted by Gasteiger charge is -2.47. The number of benzene rings is 7. The molecule has 3 aliphatic rings. The fourth-order valence-corrected chi connectivity index (χ4v) is 11.6. The van der Waals surface area contributed by atoms with Crippen LogP contribution < -0.4 is 24.7 Å². The molecule has 2 aromatic heterocycles. The monoisotopic (exact) mass is 728 g/mol. The molecule has 0 saturated heterocycles. The number of rotatable bonds is 2. The average Bonchev–Trinajstić information content (AvgIpc) is 3.77. The molecule has 0 spiro atoms. The van der Waals surface area contributed by atoms with E-state index in [0.717, 1.165) is 22.9 Å². The molecule has 0 unspecified atom stereocenters. The Balaban J connectivity index is 1.28. The van der Waals surface area contributed by atoms with Gasteiger partial charge in [-0.3, -0.25) is 0 Å². The number of ether oxygens (including phenoxy) is 1. The first-order chi connectivity index (χ1) is 26.4. The van der Waals surface area contributed by atoms with E-state index in [1.54, 1.807) is 0 Å². The summed E-state index contributed by atoms with van der Waals surface area (Å²) in [6, 6.07) is 53.8. The van der Waals surface area contributed by atoms with E-state index in [0.29, 0.717) is 0 Å². The molecule has 0 aliphatic carbocycles. The number of nitrogens with zero attached hydrogens (tertiary/aromatic N) is 2. The fraction of sp³-hybridized carbons (Fsp3) is 0.0833. The number of para-hydroxylation sites is 3. The Morgan fingerprint density at radius 3 is 2.11 bits per heavy atom. The van der Waals surface area contributed by atoms with Gasteiger partial charge in [0.15, 0.2) is 5.75 Å². The van der Waals surface area contributed by atoms with Crippen LogP contribution in [0.4, 0.5) is 28.4 Å². The largest absolute Gasteiger partial charge is 0.453 e. The first-order valence-corrected chi connectivity index (χ1v) is 20.3. The lowest BCUT2D eigenvalue weighted by atomic mass is 9.46. The highest BCUT2D eigenvalue weighted by Gasteiger charge is 2.50. The van der Waals surface area contributed by atoms with E-state index in [1.165, 1.54) is 85.4 Å². The molecule has 6 heteroatoms. The van der Waals surface area contributed by atoms with Crippen LogP contribution in [0.2, 0.25) is 0 Å². The highest BCUT2D eigenvalue weighted by atomic mass is 32.1. The summed E-state index contributed by atoms with van der Waals surface area (Å²) in [6.45, 7) is 6.87. The average molecular weight is 729 g/mol. The molecule has 3 aliphatic heterocycles. The SMILES string of the molecule is CC(C)(C)c1ccc(N2c3cc4sc5ccccc5c4c4c3B(c3sc5ccccc5c32)N2c3ccccc3Oc3cccc-4c32)c(-c2ccccc2)c1. The molecule has 9 aromatic rings. The van der Waals surface area contributed by atoms with Gasteiger partial charge in [0.25, 0.3) is 0 Å². The second-order valence-corrected chi connectivity index (χ2v) is 17.8. The topological polar surface area (TPSA) is 15.7 Å². The predicted molar refractivity (Wildman–Crippen MR) is 233 cm³/mol. The zero-order valence-corrected chi connectivity index (χ0v) is 31.7. The second kappa shape index (κ2) is 10.9. The van der Waals surface area contributed by atoms with Gasteiger partial charge in [0, 0.05) is 51.8 Å². The van der Waals surface area contributed by atoms with Gasteiger partial charge in [-0.2, -0.15) is 0 Å². The van der Waals surface area contributed by atoms with Crippen molar-refractivity contribution < 1.29 is 4.74 Å².